The zero-order chi connectivity index (χ0) is 14.7. The number of carbonyl (C=O) groups excluding carboxylic acids is 1. The van der Waals surface area contributed by atoms with Crippen LogP contribution < -0.4 is 16.7 Å². The topological polar surface area (TPSA) is 92.9 Å². The van der Waals surface area contributed by atoms with Crippen molar-refractivity contribution in [3.63, 3.8) is 0 Å². The van der Waals surface area contributed by atoms with Crippen molar-refractivity contribution >= 4 is 16.9 Å². The molecule has 2 aromatic rings. The highest BCUT2D eigenvalue weighted by atomic mass is 16.2. The molecule has 0 aliphatic rings. The van der Waals surface area contributed by atoms with E-state index in [1.165, 1.54) is 0 Å². The Labute approximate surface area is 117 Å². The molecule has 2 rings (SSSR count). The highest BCUT2D eigenvalue weighted by Crippen LogP contribution is 2.08. The molecule has 1 amide bonds. The summed E-state index contributed by atoms with van der Waals surface area (Å²) in [6, 6.07) is 7.28. The molecule has 108 valence electrons. The number of nitrogens with one attached hydrogen (secondary N) is 2. The largest absolute Gasteiger partial charge is 0.354 e. The molecular formula is C14H20N4O2. The van der Waals surface area contributed by atoms with E-state index in [0.29, 0.717) is 13.1 Å². The number of hydrogen-bond donors (Lipinski definition) is 3. The summed E-state index contributed by atoms with van der Waals surface area (Å²) < 4.78 is 1.62. The van der Waals surface area contributed by atoms with E-state index in [1.807, 2.05) is 24.3 Å². The molecule has 6 heteroatoms. The molecule has 6 nitrogen and oxygen atoms in total. The molecule has 2 unspecified atom stereocenters. The van der Waals surface area contributed by atoms with Gasteiger partial charge in [0.15, 0.2) is 0 Å². The predicted octanol–water partition coefficient (Wildman–Crippen LogP) is 0.429. The molecule has 20 heavy (non-hydrogen) atoms. The molecule has 0 aliphatic heterocycles. The maximum Gasteiger partial charge on any atom is 0.326 e. The van der Waals surface area contributed by atoms with Gasteiger partial charge in [-0.15, -0.1) is 0 Å². The Balaban J connectivity index is 2.02. The number of amides is 1. The number of benzene rings is 1. The monoisotopic (exact) mass is 276 g/mol. The highest BCUT2D eigenvalue weighted by Gasteiger charge is 2.16. The number of rotatable bonds is 5. The van der Waals surface area contributed by atoms with Crippen LogP contribution >= 0.6 is 0 Å². The van der Waals surface area contributed by atoms with Gasteiger partial charge in [-0.1, -0.05) is 19.1 Å². The van der Waals surface area contributed by atoms with Gasteiger partial charge in [0, 0.05) is 25.0 Å². The quantitative estimate of drug-likeness (QED) is 0.739. The second-order valence-corrected chi connectivity index (χ2v) is 5.04. The minimum atomic E-state index is -0.241. The van der Waals surface area contributed by atoms with Crippen molar-refractivity contribution in [2.45, 2.75) is 26.4 Å². The standard InChI is InChI=1S/C14H20N4O2/c1-9(10(2)15)13(19)16-7-8-18-12-6-4-3-5-11(12)17-14(18)20/h3-6,9-10H,7-8,15H2,1-2H3,(H,16,19)(H,17,20). The van der Waals surface area contributed by atoms with Crippen molar-refractivity contribution in [2.75, 3.05) is 6.54 Å². The fraction of sp³-hybridized carbons (Fsp3) is 0.429. The van der Waals surface area contributed by atoms with Gasteiger partial charge in [0.05, 0.1) is 11.0 Å². The summed E-state index contributed by atoms with van der Waals surface area (Å²) in [5, 5.41) is 2.80. The van der Waals surface area contributed by atoms with Crippen LogP contribution in [0.25, 0.3) is 11.0 Å². The summed E-state index contributed by atoms with van der Waals surface area (Å²) in [4.78, 5) is 26.4. The van der Waals surface area contributed by atoms with E-state index in [4.69, 9.17) is 5.73 Å². The van der Waals surface area contributed by atoms with E-state index >= 15 is 0 Å². The van der Waals surface area contributed by atoms with Gasteiger partial charge < -0.3 is 16.0 Å². The Morgan fingerprint density at radius 3 is 2.80 bits per heavy atom. The lowest BCUT2D eigenvalue weighted by Gasteiger charge is -2.15. The number of nitrogens with zero attached hydrogens (tertiary/aromatic N) is 1. The Kier molecular flexibility index (Phi) is 4.24. The van der Waals surface area contributed by atoms with Crippen LogP contribution in [-0.2, 0) is 11.3 Å². The number of hydrogen-bond acceptors (Lipinski definition) is 3. The van der Waals surface area contributed by atoms with Gasteiger partial charge >= 0.3 is 5.69 Å². The van der Waals surface area contributed by atoms with Crippen LogP contribution in [0, 0.1) is 5.92 Å². The van der Waals surface area contributed by atoms with Gasteiger partial charge in [-0.05, 0) is 19.1 Å². The van der Waals surface area contributed by atoms with E-state index < -0.39 is 0 Å². The predicted molar refractivity (Wildman–Crippen MR) is 78.4 cm³/mol. The molecule has 0 spiro atoms. The normalized spacial score (nSPS) is 14.2. The van der Waals surface area contributed by atoms with Gasteiger partial charge in [0.2, 0.25) is 5.91 Å². The summed E-state index contributed by atoms with van der Waals surface area (Å²) in [5.74, 6) is -0.331. The van der Waals surface area contributed by atoms with Gasteiger partial charge in [-0.3, -0.25) is 9.36 Å². The molecule has 1 aromatic heterocycles. The third kappa shape index (κ3) is 2.91. The maximum atomic E-state index is 11.8. The van der Waals surface area contributed by atoms with Crippen LogP contribution in [0.1, 0.15) is 13.8 Å². The van der Waals surface area contributed by atoms with Gasteiger partial charge in [-0.2, -0.15) is 0 Å². The zero-order valence-corrected chi connectivity index (χ0v) is 11.7. The van der Waals surface area contributed by atoms with Crippen LogP contribution in [0.15, 0.2) is 29.1 Å². The van der Waals surface area contributed by atoms with E-state index in [0.717, 1.165) is 11.0 Å². The van der Waals surface area contributed by atoms with Gasteiger partial charge in [0.25, 0.3) is 0 Å². The van der Waals surface area contributed by atoms with Crippen molar-refractivity contribution in [3.05, 3.63) is 34.7 Å². The Bertz CT molecular complexity index is 656. The number of para-hydroxylation sites is 2. The SMILES string of the molecule is CC(N)C(C)C(=O)NCCn1c(=O)[nH]c2ccccc21. The first-order chi connectivity index (χ1) is 9.50. The molecule has 0 fully saturated rings. The third-order valence-electron chi connectivity index (χ3n) is 3.52. The van der Waals surface area contributed by atoms with E-state index in [-0.39, 0.29) is 23.6 Å². The molecule has 0 saturated heterocycles. The first kappa shape index (κ1) is 14.3. The summed E-state index contributed by atoms with van der Waals surface area (Å²) in [5.41, 5.74) is 7.15. The molecule has 0 bridgehead atoms. The summed E-state index contributed by atoms with van der Waals surface area (Å²) in [6.45, 7) is 4.42. The number of imidazole rings is 1. The molecule has 0 aliphatic carbocycles. The van der Waals surface area contributed by atoms with Gasteiger partial charge in [0.1, 0.15) is 0 Å². The summed E-state index contributed by atoms with van der Waals surface area (Å²) in [6.07, 6.45) is 0. The smallest absolute Gasteiger partial charge is 0.326 e. The van der Waals surface area contributed by atoms with Crippen LogP contribution in [-0.4, -0.2) is 28.0 Å². The Morgan fingerprint density at radius 1 is 1.40 bits per heavy atom. The lowest BCUT2D eigenvalue weighted by molar-refractivity contribution is -0.124. The number of aromatic amines is 1. The average molecular weight is 276 g/mol. The van der Waals surface area contributed by atoms with E-state index in [9.17, 15) is 9.59 Å². The van der Waals surface area contributed by atoms with Crippen molar-refractivity contribution in [2.24, 2.45) is 11.7 Å². The molecule has 1 aromatic carbocycles. The number of nitrogens with two attached hydrogens (primary N) is 1. The average Bonchev–Trinajstić information content (AvgIpc) is 2.74. The first-order valence-electron chi connectivity index (χ1n) is 6.71. The molecule has 0 radical (unpaired) electrons. The van der Waals surface area contributed by atoms with E-state index in [1.54, 1.807) is 18.4 Å². The number of fused-ring (bicyclic) bond motifs is 1. The molecule has 2 atom stereocenters. The van der Waals surface area contributed by atoms with Crippen LogP contribution in [0.2, 0.25) is 0 Å². The van der Waals surface area contributed by atoms with Crippen LogP contribution in [0.3, 0.4) is 0 Å². The fourth-order valence-corrected chi connectivity index (χ4v) is 2.02. The third-order valence-corrected chi connectivity index (χ3v) is 3.52. The second-order valence-electron chi connectivity index (χ2n) is 5.04. The second kappa shape index (κ2) is 5.92. The van der Waals surface area contributed by atoms with Crippen molar-refractivity contribution in [1.82, 2.24) is 14.9 Å². The Hall–Kier alpha value is -2.08. The summed E-state index contributed by atoms with van der Waals surface area (Å²) >= 11 is 0. The van der Waals surface area contributed by atoms with Crippen molar-refractivity contribution < 1.29 is 4.79 Å². The van der Waals surface area contributed by atoms with Gasteiger partial charge in [-0.25, -0.2) is 4.79 Å². The van der Waals surface area contributed by atoms with Crippen molar-refractivity contribution in [3.8, 4) is 0 Å². The minimum absolute atomic E-state index is 0.0899. The first-order valence-corrected chi connectivity index (χ1v) is 6.71. The number of H-pyrrole nitrogens is 1. The van der Waals surface area contributed by atoms with Crippen molar-refractivity contribution in [1.29, 1.82) is 0 Å². The highest BCUT2D eigenvalue weighted by molar-refractivity contribution is 5.79. The van der Waals surface area contributed by atoms with Crippen LogP contribution in [0.4, 0.5) is 0 Å². The molecule has 4 N–H and O–H groups in total. The number of aromatic nitrogens is 2. The zero-order valence-electron chi connectivity index (χ0n) is 11.7. The number of carbonyl (C=O) groups is 1. The van der Waals surface area contributed by atoms with Crippen LogP contribution in [0.5, 0.6) is 0 Å². The molecule has 0 saturated carbocycles. The lowest BCUT2D eigenvalue weighted by atomic mass is 10.0. The summed E-state index contributed by atoms with van der Waals surface area (Å²) in [7, 11) is 0. The molecular weight excluding hydrogens is 256 g/mol. The lowest BCUT2D eigenvalue weighted by Crippen LogP contribution is -2.40. The maximum absolute atomic E-state index is 11.8. The minimum Gasteiger partial charge on any atom is -0.354 e. The Morgan fingerprint density at radius 2 is 2.10 bits per heavy atom. The molecule has 1 heterocycles. The fourth-order valence-electron chi connectivity index (χ4n) is 2.02. The van der Waals surface area contributed by atoms with E-state index in [2.05, 4.69) is 10.3 Å².